The number of thiophene rings is 1. The Morgan fingerprint density at radius 3 is 2.67 bits per heavy atom. The lowest BCUT2D eigenvalue weighted by atomic mass is 10.1. The normalized spacial score (nSPS) is 10.8. The SMILES string of the molecule is Cc1cccc(-c2c(O)nc(-c3sccc3C)[nH]c2=O)c1. The molecule has 5 heteroatoms. The lowest BCUT2D eigenvalue weighted by Gasteiger charge is -2.06. The summed E-state index contributed by atoms with van der Waals surface area (Å²) >= 11 is 1.48. The molecule has 0 amide bonds. The van der Waals surface area contributed by atoms with Crippen molar-refractivity contribution in [3.8, 4) is 27.7 Å². The summed E-state index contributed by atoms with van der Waals surface area (Å²) in [6.45, 7) is 3.88. The van der Waals surface area contributed by atoms with Gasteiger partial charge in [0.2, 0.25) is 5.88 Å². The fraction of sp³-hybridized carbons (Fsp3) is 0.125. The highest BCUT2D eigenvalue weighted by Gasteiger charge is 2.15. The highest BCUT2D eigenvalue weighted by atomic mass is 32.1. The Morgan fingerprint density at radius 1 is 1.24 bits per heavy atom. The number of aromatic amines is 1. The van der Waals surface area contributed by atoms with Gasteiger partial charge in [0.1, 0.15) is 5.56 Å². The molecule has 0 saturated heterocycles. The molecule has 2 aromatic heterocycles. The van der Waals surface area contributed by atoms with E-state index in [0.29, 0.717) is 11.4 Å². The Balaban J connectivity index is 2.18. The van der Waals surface area contributed by atoms with Crippen molar-refractivity contribution in [2.75, 3.05) is 0 Å². The van der Waals surface area contributed by atoms with Crippen molar-refractivity contribution >= 4 is 11.3 Å². The molecule has 0 fully saturated rings. The molecule has 0 aliphatic rings. The van der Waals surface area contributed by atoms with Crippen LogP contribution in [-0.4, -0.2) is 15.1 Å². The summed E-state index contributed by atoms with van der Waals surface area (Å²) < 4.78 is 0. The molecule has 2 N–H and O–H groups in total. The number of aryl methyl sites for hydroxylation is 2. The van der Waals surface area contributed by atoms with Crippen LogP contribution in [0.4, 0.5) is 0 Å². The van der Waals surface area contributed by atoms with Crippen LogP contribution in [0, 0.1) is 13.8 Å². The Kier molecular flexibility index (Phi) is 3.35. The zero-order valence-electron chi connectivity index (χ0n) is 11.7. The molecular formula is C16H14N2O2S. The monoisotopic (exact) mass is 298 g/mol. The molecule has 21 heavy (non-hydrogen) atoms. The lowest BCUT2D eigenvalue weighted by Crippen LogP contribution is -2.12. The molecule has 106 valence electrons. The second-order valence-electron chi connectivity index (χ2n) is 4.92. The third-order valence-corrected chi connectivity index (χ3v) is 4.31. The van der Waals surface area contributed by atoms with Crippen molar-refractivity contribution in [2.24, 2.45) is 0 Å². The van der Waals surface area contributed by atoms with Crippen LogP contribution in [0.5, 0.6) is 5.88 Å². The van der Waals surface area contributed by atoms with E-state index in [9.17, 15) is 9.90 Å². The van der Waals surface area contributed by atoms with E-state index >= 15 is 0 Å². The highest BCUT2D eigenvalue weighted by molar-refractivity contribution is 7.13. The van der Waals surface area contributed by atoms with Crippen molar-refractivity contribution < 1.29 is 5.11 Å². The number of aromatic nitrogens is 2. The third kappa shape index (κ3) is 2.48. The third-order valence-electron chi connectivity index (χ3n) is 3.28. The molecule has 0 aliphatic heterocycles. The predicted molar refractivity (Wildman–Crippen MR) is 84.7 cm³/mol. The first-order chi connectivity index (χ1) is 10.1. The number of benzene rings is 1. The van der Waals surface area contributed by atoms with Crippen LogP contribution in [-0.2, 0) is 0 Å². The number of H-pyrrole nitrogens is 1. The maximum absolute atomic E-state index is 12.3. The molecule has 1 aromatic carbocycles. The van der Waals surface area contributed by atoms with Crippen LogP contribution < -0.4 is 5.56 Å². The van der Waals surface area contributed by atoms with Crippen molar-refractivity contribution in [2.45, 2.75) is 13.8 Å². The average molecular weight is 298 g/mol. The Morgan fingerprint density at radius 2 is 2.05 bits per heavy atom. The number of aromatic hydroxyl groups is 1. The van der Waals surface area contributed by atoms with Crippen LogP contribution in [0.3, 0.4) is 0 Å². The number of nitrogens with zero attached hydrogens (tertiary/aromatic N) is 1. The van der Waals surface area contributed by atoms with E-state index in [1.54, 1.807) is 6.07 Å². The van der Waals surface area contributed by atoms with E-state index in [4.69, 9.17) is 0 Å². The van der Waals surface area contributed by atoms with Gasteiger partial charge in [0.05, 0.1) is 4.88 Å². The molecular weight excluding hydrogens is 284 g/mol. The minimum Gasteiger partial charge on any atom is -0.493 e. The van der Waals surface area contributed by atoms with Crippen LogP contribution in [0.1, 0.15) is 11.1 Å². The molecule has 0 unspecified atom stereocenters. The Hall–Kier alpha value is -2.40. The molecule has 0 aliphatic carbocycles. The van der Waals surface area contributed by atoms with Crippen LogP contribution in [0.15, 0.2) is 40.5 Å². The molecule has 3 aromatic rings. The molecule has 0 saturated carbocycles. The zero-order valence-corrected chi connectivity index (χ0v) is 12.5. The lowest BCUT2D eigenvalue weighted by molar-refractivity contribution is 0.454. The summed E-state index contributed by atoms with van der Waals surface area (Å²) in [7, 11) is 0. The van der Waals surface area contributed by atoms with Crippen molar-refractivity contribution in [3.05, 3.63) is 57.2 Å². The number of nitrogens with one attached hydrogen (secondary N) is 1. The van der Waals surface area contributed by atoms with Gasteiger partial charge in [-0.2, -0.15) is 4.98 Å². The second kappa shape index (κ2) is 5.18. The maximum Gasteiger partial charge on any atom is 0.262 e. The van der Waals surface area contributed by atoms with Gasteiger partial charge in [0.15, 0.2) is 5.82 Å². The average Bonchev–Trinajstić information content (AvgIpc) is 2.84. The predicted octanol–water partition coefficient (Wildman–Crippen LogP) is 3.49. The molecule has 0 radical (unpaired) electrons. The molecule has 0 spiro atoms. The van der Waals surface area contributed by atoms with Gasteiger partial charge in [-0.15, -0.1) is 11.3 Å². The van der Waals surface area contributed by atoms with Gasteiger partial charge in [-0.25, -0.2) is 0 Å². The molecule has 0 bridgehead atoms. The minimum absolute atomic E-state index is 0.205. The first-order valence-electron chi connectivity index (χ1n) is 6.51. The summed E-state index contributed by atoms with van der Waals surface area (Å²) in [6, 6.07) is 9.37. The Labute approximate surface area is 125 Å². The maximum atomic E-state index is 12.3. The number of hydrogen-bond donors (Lipinski definition) is 2. The van der Waals surface area contributed by atoms with E-state index in [1.165, 1.54) is 11.3 Å². The van der Waals surface area contributed by atoms with Gasteiger partial charge in [0, 0.05) is 0 Å². The molecule has 2 heterocycles. The number of rotatable bonds is 2. The van der Waals surface area contributed by atoms with E-state index in [1.807, 2.05) is 43.5 Å². The van der Waals surface area contributed by atoms with Gasteiger partial charge in [-0.1, -0.05) is 29.8 Å². The largest absolute Gasteiger partial charge is 0.493 e. The quantitative estimate of drug-likeness (QED) is 0.761. The fourth-order valence-corrected chi connectivity index (χ4v) is 3.12. The molecule has 0 atom stereocenters. The first kappa shape index (κ1) is 13.6. The van der Waals surface area contributed by atoms with E-state index < -0.39 is 0 Å². The van der Waals surface area contributed by atoms with Gasteiger partial charge in [0.25, 0.3) is 5.56 Å². The number of hydrogen-bond acceptors (Lipinski definition) is 4. The summed E-state index contributed by atoms with van der Waals surface area (Å²) in [4.78, 5) is 20.1. The first-order valence-corrected chi connectivity index (χ1v) is 7.39. The second-order valence-corrected chi connectivity index (χ2v) is 5.83. The van der Waals surface area contributed by atoms with Crippen LogP contribution in [0.2, 0.25) is 0 Å². The zero-order chi connectivity index (χ0) is 15.0. The summed E-state index contributed by atoms with van der Waals surface area (Å²) in [5.41, 5.74) is 2.57. The van der Waals surface area contributed by atoms with Gasteiger partial charge < -0.3 is 10.1 Å². The van der Waals surface area contributed by atoms with Crippen molar-refractivity contribution in [1.82, 2.24) is 9.97 Å². The molecule has 3 rings (SSSR count). The highest BCUT2D eigenvalue weighted by Crippen LogP contribution is 2.29. The van der Waals surface area contributed by atoms with Crippen molar-refractivity contribution in [3.63, 3.8) is 0 Å². The topological polar surface area (TPSA) is 66.0 Å². The van der Waals surface area contributed by atoms with Crippen molar-refractivity contribution in [1.29, 1.82) is 0 Å². The van der Waals surface area contributed by atoms with Gasteiger partial charge >= 0.3 is 0 Å². The van der Waals surface area contributed by atoms with E-state index in [2.05, 4.69) is 9.97 Å². The molecule has 4 nitrogen and oxygen atoms in total. The summed E-state index contributed by atoms with van der Waals surface area (Å²) in [6.07, 6.45) is 0. The van der Waals surface area contributed by atoms with E-state index in [0.717, 1.165) is 16.0 Å². The van der Waals surface area contributed by atoms with Crippen LogP contribution in [0.25, 0.3) is 21.8 Å². The smallest absolute Gasteiger partial charge is 0.262 e. The van der Waals surface area contributed by atoms with Crippen LogP contribution >= 0.6 is 11.3 Å². The standard InChI is InChI=1S/C16H14N2O2S/c1-9-4-3-5-11(8-9)12-15(19)17-14(18-16(12)20)13-10(2)6-7-21-13/h3-8H,1-2H3,(H2,17,18,19,20). The Bertz CT molecular complexity index is 865. The minimum atomic E-state index is -0.337. The summed E-state index contributed by atoms with van der Waals surface area (Å²) in [5, 5.41) is 12.1. The van der Waals surface area contributed by atoms with Gasteiger partial charge in [-0.3, -0.25) is 4.79 Å². The summed E-state index contributed by atoms with van der Waals surface area (Å²) in [5.74, 6) is 0.161. The van der Waals surface area contributed by atoms with E-state index in [-0.39, 0.29) is 17.0 Å². The van der Waals surface area contributed by atoms with Gasteiger partial charge in [-0.05, 0) is 36.4 Å². The fourth-order valence-electron chi connectivity index (χ4n) is 2.24.